The second-order valence-electron chi connectivity index (χ2n) is 5.72. The molecule has 0 saturated carbocycles. The molecule has 0 spiro atoms. The molecule has 1 aromatic rings. The molecule has 1 fully saturated rings. The summed E-state index contributed by atoms with van der Waals surface area (Å²) in [5.41, 5.74) is 1.63. The normalized spacial score (nSPS) is 15.1. The summed E-state index contributed by atoms with van der Waals surface area (Å²) in [6.45, 7) is 3.47. The minimum Gasteiger partial charge on any atom is -0.495 e. The first-order chi connectivity index (χ1) is 10.6. The standard InChI is InChI=1S/C17H24N2O3/c1-13-7-8-15(22-2)14(11-13)18-16(20)12-17(21)19-9-5-3-4-6-10-19/h7-8,11H,3-6,9-10,12H2,1-2H3,(H,18,20). The number of hydrogen-bond donors (Lipinski definition) is 1. The number of benzene rings is 1. The average Bonchev–Trinajstić information content (AvgIpc) is 2.76. The van der Waals surface area contributed by atoms with E-state index < -0.39 is 0 Å². The van der Waals surface area contributed by atoms with Crippen molar-refractivity contribution in [2.75, 3.05) is 25.5 Å². The SMILES string of the molecule is COc1ccc(C)cc1NC(=O)CC(=O)N1CCCCCC1. The lowest BCUT2D eigenvalue weighted by Crippen LogP contribution is -2.34. The summed E-state index contributed by atoms with van der Waals surface area (Å²) < 4.78 is 5.23. The average molecular weight is 304 g/mol. The van der Waals surface area contributed by atoms with Crippen molar-refractivity contribution < 1.29 is 14.3 Å². The first kappa shape index (κ1) is 16.3. The highest BCUT2D eigenvalue weighted by molar-refractivity contribution is 6.04. The van der Waals surface area contributed by atoms with Crippen molar-refractivity contribution in [1.82, 2.24) is 4.90 Å². The summed E-state index contributed by atoms with van der Waals surface area (Å²) in [4.78, 5) is 26.1. The van der Waals surface area contributed by atoms with Gasteiger partial charge in [0.05, 0.1) is 12.8 Å². The Kier molecular flexibility index (Phi) is 5.81. The van der Waals surface area contributed by atoms with E-state index >= 15 is 0 Å². The second kappa shape index (κ2) is 7.82. The predicted molar refractivity (Wildman–Crippen MR) is 86.0 cm³/mol. The lowest BCUT2D eigenvalue weighted by atomic mass is 10.2. The molecule has 0 radical (unpaired) electrons. The minimum absolute atomic E-state index is 0.0916. The summed E-state index contributed by atoms with van der Waals surface area (Å²) in [5.74, 6) is 0.213. The number of rotatable bonds is 4. The predicted octanol–water partition coefficient (Wildman–Crippen LogP) is 2.73. The van der Waals surface area contributed by atoms with E-state index in [-0.39, 0.29) is 18.2 Å². The highest BCUT2D eigenvalue weighted by Gasteiger charge is 2.19. The molecule has 22 heavy (non-hydrogen) atoms. The van der Waals surface area contributed by atoms with Crippen LogP contribution in [0.2, 0.25) is 0 Å². The van der Waals surface area contributed by atoms with E-state index in [0.717, 1.165) is 44.3 Å². The van der Waals surface area contributed by atoms with E-state index in [9.17, 15) is 9.59 Å². The maximum Gasteiger partial charge on any atom is 0.233 e. The lowest BCUT2D eigenvalue weighted by molar-refractivity contribution is -0.134. The van der Waals surface area contributed by atoms with Crippen molar-refractivity contribution in [3.05, 3.63) is 23.8 Å². The van der Waals surface area contributed by atoms with Crippen LogP contribution in [0.25, 0.3) is 0 Å². The molecule has 1 saturated heterocycles. The lowest BCUT2D eigenvalue weighted by Gasteiger charge is -2.20. The van der Waals surface area contributed by atoms with Crippen LogP contribution in [0.5, 0.6) is 5.75 Å². The molecular weight excluding hydrogens is 280 g/mol. The number of anilines is 1. The molecule has 120 valence electrons. The van der Waals surface area contributed by atoms with Gasteiger partial charge in [-0.2, -0.15) is 0 Å². The second-order valence-corrected chi connectivity index (χ2v) is 5.72. The van der Waals surface area contributed by atoms with E-state index in [1.165, 1.54) is 0 Å². The fourth-order valence-electron chi connectivity index (χ4n) is 2.68. The third kappa shape index (κ3) is 4.48. The zero-order chi connectivity index (χ0) is 15.9. The van der Waals surface area contributed by atoms with Crippen LogP contribution in [0.4, 0.5) is 5.69 Å². The Labute approximate surface area is 131 Å². The van der Waals surface area contributed by atoms with E-state index in [1.54, 1.807) is 12.0 Å². The Morgan fingerprint density at radius 2 is 1.86 bits per heavy atom. The Hall–Kier alpha value is -2.04. The number of methoxy groups -OCH3 is 1. The maximum atomic E-state index is 12.2. The number of carbonyl (C=O) groups is 2. The van der Waals surface area contributed by atoms with E-state index in [4.69, 9.17) is 4.74 Å². The van der Waals surface area contributed by atoms with Gasteiger partial charge in [-0.3, -0.25) is 9.59 Å². The largest absolute Gasteiger partial charge is 0.495 e. The number of amides is 2. The van der Waals surface area contributed by atoms with Gasteiger partial charge in [-0.15, -0.1) is 0 Å². The Morgan fingerprint density at radius 3 is 2.50 bits per heavy atom. The van der Waals surface area contributed by atoms with Gasteiger partial charge >= 0.3 is 0 Å². The van der Waals surface area contributed by atoms with Gasteiger partial charge in [0.2, 0.25) is 11.8 Å². The molecule has 0 bridgehead atoms. The number of nitrogens with one attached hydrogen (secondary N) is 1. The Bertz CT molecular complexity index is 535. The maximum absolute atomic E-state index is 12.2. The van der Waals surface area contributed by atoms with Crippen LogP contribution in [-0.4, -0.2) is 36.9 Å². The molecule has 5 nitrogen and oxygen atoms in total. The number of nitrogens with zero attached hydrogens (tertiary/aromatic N) is 1. The van der Waals surface area contributed by atoms with Gasteiger partial charge in [-0.25, -0.2) is 0 Å². The van der Waals surface area contributed by atoms with Crippen molar-refractivity contribution in [1.29, 1.82) is 0 Å². The number of ether oxygens (including phenoxy) is 1. The number of hydrogen-bond acceptors (Lipinski definition) is 3. The summed E-state index contributed by atoms with van der Waals surface area (Å²) >= 11 is 0. The third-order valence-electron chi connectivity index (χ3n) is 3.90. The highest BCUT2D eigenvalue weighted by Crippen LogP contribution is 2.25. The molecule has 0 aromatic heterocycles. The van der Waals surface area contributed by atoms with Gasteiger partial charge in [0, 0.05) is 13.1 Å². The van der Waals surface area contributed by atoms with Crippen LogP contribution in [0.3, 0.4) is 0 Å². The molecule has 1 N–H and O–H groups in total. The monoisotopic (exact) mass is 304 g/mol. The van der Waals surface area contributed by atoms with Crippen molar-refractivity contribution in [2.45, 2.75) is 39.0 Å². The Morgan fingerprint density at radius 1 is 1.18 bits per heavy atom. The molecule has 1 aromatic carbocycles. The topological polar surface area (TPSA) is 58.6 Å². The molecule has 0 aliphatic carbocycles. The van der Waals surface area contributed by atoms with Gasteiger partial charge in [0.15, 0.2) is 0 Å². The molecule has 5 heteroatoms. The van der Waals surface area contributed by atoms with Crippen LogP contribution in [0.15, 0.2) is 18.2 Å². The summed E-state index contributed by atoms with van der Waals surface area (Å²) in [7, 11) is 1.56. The van der Waals surface area contributed by atoms with Crippen LogP contribution in [0, 0.1) is 6.92 Å². The van der Waals surface area contributed by atoms with Gasteiger partial charge in [0.1, 0.15) is 12.2 Å². The molecule has 2 rings (SSSR count). The van der Waals surface area contributed by atoms with Crippen LogP contribution < -0.4 is 10.1 Å². The molecule has 2 amide bonds. The van der Waals surface area contributed by atoms with Crippen molar-refractivity contribution in [3.63, 3.8) is 0 Å². The minimum atomic E-state index is -0.293. The third-order valence-corrected chi connectivity index (χ3v) is 3.90. The number of aryl methyl sites for hydroxylation is 1. The van der Waals surface area contributed by atoms with Crippen LogP contribution in [0.1, 0.15) is 37.7 Å². The molecule has 1 aliphatic rings. The number of likely N-dealkylation sites (tertiary alicyclic amines) is 1. The fourth-order valence-corrected chi connectivity index (χ4v) is 2.68. The van der Waals surface area contributed by atoms with Gasteiger partial charge in [0.25, 0.3) is 0 Å². The smallest absolute Gasteiger partial charge is 0.233 e. The molecule has 1 aliphatic heterocycles. The summed E-state index contributed by atoms with van der Waals surface area (Å²) in [6.07, 6.45) is 4.27. The zero-order valence-electron chi connectivity index (χ0n) is 13.4. The summed E-state index contributed by atoms with van der Waals surface area (Å²) in [5, 5.41) is 2.78. The number of carbonyl (C=O) groups excluding carboxylic acids is 2. The Balaban J connectivity index is 1.94. The van der Waals surface area contributed by atoms with E-state index in [1.807, 2.05) is 25.1 Å². The van der Waals surface area contributed by atoms with Crippen molar-refractivity contribution >= 4 is 17.5 Å². The molecule has 0 unspecified atom stereocenters. The van der Waals surface area contributed by atoms with Gasteiger partial charge < -0.3 is 15.0 Å². The fraction of sp³-hybridized carbons (Fsp3) is 0.529. The first-order valence-electron chi connectivity index (χ1n) is 7.82. The highest BCUT2D eigenvalue weighted by atomic mass is 16.5. The van der Waals surface area contributed by atoms with Gasteiger partial charge in [-0.05, 0) is 37.5 Å². The van der Waals surface area contributed by atoms with Gasteiger partial charge in [-0.1, -0.05) is 18.9 Å². The van der Waals surface area contributed by atoms with Crippen LogP contribution >= 0.6 is 0 Å². The molecule has 0 atom stereocenters. The van der Waals surface area contributed by atoms with E-state index in [0.29, 0.717) is 11.4 Å². The quantitative estimate of drug-likeness (QED) is 0.870. The molecular formula is C17H24N2O3. The molecule has 1 heterocycles. The summed E-state index contributed by atoms with van der Waals surface area (Å²) in [6, 6.07) is 5.56. The van der Waals surface area contributed by atoms with E-state index in [2.05, 4.69) is 5.32 Å². The first-order valence-corrected chi connectivity index (χ1v) is 7.82. The zero-order valence-corrected chi connectivity index (χ0v) is 13.4. The van der Waals surface area contributed by atoms with Crippen molar-refractivity contribution in [3.8, 4) is 5.75 Å². The van der Waals surface area contributed by atoms with Crippen LogP contribution in [-0.2, 0) is 9.59 Å². The van der Waals surface area contributed by atoms with Crippen molar-refractivity contribution in [2.24, 2.45) is 0 Å².